The normalized spacial score (nSPS) is 15.4. The summed E-state index contributed by atoms with van der Waals surface area (Å²) in [7, 11) is 0. The molecule has 4 N–H and O–H groups in total. The summed E-state index contributed by atoms with van der Waals surface area (Å²) >= 11 is 0. The minimum atomic E-state index is -0.527. The highest BCUT2D eigenvalue weighted by Crippen LogP contribution is 2.37. The number of rotatable bonds is 10. The number of pyridine rings is 1. The van der Waals surface area contributed by atoms with Gasteiger partial charge in [0.15, 0.2) is 0 Å². The van der Waals surface area contributed by atoms with Crippen molar-refractivity contribution >= 4 is 52.5 Å². The molecule has 0 spiro atoms. The average molecular weight is 661 g/mol. The fraction of sp³-hybridized carbons (Fsp3) is 0.0750. The third-order valence-corrected chi connectivity index (χ3v) is 8.41. The lowest BCUT2D eigenvalue weighted by molar-refractivity contribution is -0.114. The Labute approximate surface area is 288 Å². The van der Waals surface area contributed by atoms with Crippen LogP contribution in [0, 0.1) is 0 Å². The summed E-state index contributed by atoms with van der Waals surface area (Å²) in [4.78, 5) is 57.8. The van der Waals surface area contributed by atoms with Crippen molar-refractivity contribution in [3.63, 3.8) is 0 Å². The van der Waals surface area contributed by atoms with Gasteiger partial charge in [-0.2, -0.15) is 0 Å². The van der Waals surface area contributed by atoms with Gasteiger partial charge in [0.2, 0.25) is 0 Å². The summed E-state index contributed by atoms with van der Waals surface area (Å²) in [6.07, 6.45) is 5.37. The van der Waals surface area contributed by atoms with Crippen LogP contribution >= 0.6 is 0 Å². The van der Waals surface area contributed by atoms with E-state index in [-0.39, 0.29) is 17.5 Å². The van der Waals surface area contributed by atoms with Crippen molar-refractivity contribution < 1.29 is 19.2 Å². The zero-order chi connectivity index (χ0) is 34.5. The molecule has 5 amide bonds. The quantitative estimate of drug-likeness (QED) is 0.111. The van der Waals surface area contributed by atoms with Crippen molar-refractivity contribution in [2.24, 2.45) is 0 Å². The molecular weight excluding hydrogens is 628 g/mol. The van der Waals surface area contributed by atoms with Gasteiger partial charge in [-0.15, -0.1) is 0 Å². The van der Waals surface area contributed by atoms with E-state index in [4.69, 9.17) is 0 Å². The molecule has 4 aromatic carbocycles. The van der Waals surface area contributed by atoms with Gasteiger partial charge >= 0.3 is 6.03 Å². The fourth-order valence-electron chi connectivity index (χ4n) is 5.96. The molecule has 50 heavy (non-hydrogen) atoms. The van der Waals surface area contributed by atoms with Gasteiger partial charge < -0.3 is 21.3 Å². The molecule has 0 saturated carbocycles. The van der Waals surface area contributed by atoms with Crippen molar-refractivity contribution in [3.8, 4) is 0 Å². The maximum atomic E-state index is 13.5. The predicted octanol–water partition coefficient (Wildman–Crippen LogP) is 5.76. The largest absolute Gasteiger partial charge is 0.384 e. The van der Waals surface area contributed by atoms with Gasteiger partial charge in [-0.05, 0) is 77.2 Å². The molecule has 0 unspecified atom stereocenters. The van der Waals surface area contributed by atoms with Gasteiger partial charge in [0.05, 0.1) is 17.0 Å². The summed E-state index contributed by atoms with van der Waals surface area (Å²) in [5.41, 5.74) is 6.81. The van der Waals surface area contributed by atoms with Crippen LogP contribution in [-0.2, 0) is 22.6 Å². The van der Waals surface area contributed by atoms with E-state index in [2.05, 4.69) is 26.3 Å². The van der Waals surface area contributed by atoms with Crippen LogP contribution in [0.4, 0.5) is 16.2 Å². The lowest BCUT2D eigenvalue weighted by atomic mass is 9.98. The molecule has 0 atom stereocenters. The lowest BCUT2D eigenvalue weighted by Crippen LogP contribution is -2.30. The molecule has 1 aromatic heterocycles. The molecule has 5 aromatic rings. The van der Waals surface area contributed by atoms with Crippen molar-refractivity contribution in [2.75, 3.05) is 16.8 Å². The predicted molar refractivity (Wildman–Crippen MR) is 192 cm³/mol. The van der Waals surface area contributed by atoms with Crippen molar-refractivity contribution in [1.82, 2.24) is 20.9 Å². The van der Waals surface area contributed by atoms with Crippen molar-refractivity contribution in [2.45, 2.75) is 13.0 Å². The topological polar surface area (TPSA) is 133 Å². The van der Waals surface area contributed by atoms with Gasteiger partial charge in [-0.1, -0.05) is 72.8 Å². The summed E-state index contributed by atoms with van der Waals surface area (Å²) in [5.74, 6) is -0.962. The monoisotopic (exact) mass is 660 g/mol. The van der Waals surface area contributed by atoms with E-state index in [1.54, 1.807) is 60.9 Å². The second-order valence-corrected chi connectivity index (χ2v) is 11.8. The highest BCUT2D eigenvalue weighted by atomic mass is 16.2. The number of carbonyl (C=O) groups excluding carboxylic acids is 4. The van der Waals surface area contributed by atoms with Gasteiger partial charge in [-0.3, -0.25) is 19.4 Å². The first-order chi connectivity index (χ1) is 24.4. The van der Waals surface area contributed by atoms with Gasteiger partial charge in [0.25, 0.3) is 17.7 Å². The number of fused-ring (bicyclic) bond motifs is 1. The van der Waals surface area contributed by atoms with Crippen LogP contribution in [-0.4, -0.2) is 35.3 Å². The summed E-state index contributed by atoms with van der Waals surface area (Å²) < 4.78 is 0. The number of hydrogen-bond donors (Lipinski definition) is 4. The number of amides is 5. The molecule has 10 nitrogen and oxygen atoms in total. The molecule has 0 aliphatic carbocycles. The molecule has 7 rings (SSSR count). The van der Waals surface area contributed by atoms with Crippen molar-refractivity contribution in [1.29, 1.82) is 0 Å². The number of nitrogens with zero attached hydrogens (tertiary/aromatic N) is 2. The molecule has 10 heteroatoms. The maximum Gasteiger partial charge on any atom is 0.333 e. The van der Waals surface area contributed by atoms with Gasteiger partial charge in [-0.25, -0.2) is 9.69 Å². The second-order valence-electron chi connectivity index (χ2n) is 11.8. The number of aromatic nitrogens is 1. The zero-order valence-corrected chi connectivity index (χ0v) is 26.9. The number of carbonyl (C=O) groups is 4. The van der Waals surface area contributed by atoms with E-state index in [1.807, 2.05) is 72.8 Å². The third-order valence-electron chi connectivity index (χ3n) is 8.41. The van der Waals surface area contributed by atoms with Gasteiger partial charge in [0, 0.05) is 42.3 Å². The Balaban J connectivity index is 1.11. The van der Waals surface area contributed by atoms with E-state index in [9.17, 15) is 19.2 Å². The summed E-state index contributed by atoms with van der Waals surface area (Å²) in [6, 6.07) is 34.6. The number of hydrogen-bond acceptors (Lipinski definition) is 6. The number of nitrogens with one attached hydrogen (secondary N) is 4. The maximum absolute atomic E-state index is 13.5. The summed E-state index contributed by atoms with van der Waals surface area (Å²) in [6.45, 7) is 0.819. The standard InChI is InChI=1S/C40H32N6O4/c47-37(43-25-28-8-3-1-4-9-28)30-14-15-33-32(24-30)35(38(48)44-33)36(29-11-5-2-6-12-29)42-21-18-26-10-7-13-31(22-26)46-39(49)34(45-40(46)50)23-27-16-19-41-20-17-27/h1-17,19-20,22-24,42H,18,21,25H2,(H,43,47)(H,44,48)(H,45,50)/b34-23-,36-35-. The van der Waals surface area contributed by atoms with E-state index >= 15 is 0 Å². The first-order valence-electron chi connectivity index (χ1n) is 16.1. The Morgan fingerprint density at radius 3 is 2.26 bits per heavy atom. The summed E-state index contributed by atoms with van der Waals surface area (Å²) in [5, 5.41) is 12.0. The van der Waals surface area contributed by atoms with E-state index in [0.717, 1.165) is 27.2 Å². The molecule has 0 bridgehead atoms. The first-order valence-corrected chi connectivity index (χ1v) is 16.1. The Morgan fingerprint density at radius 2 is 1.48 bits per heavy atom. The molecular formula is C40H32N6O4. The van der Waals surface area contributed by atoms with Crippen LogP contribution in [0.25, 0.3) is 17.3 Å². The van der Waals surface area contributed by atoms with Gasteiger partial charge in [0.1, 0.15) is 5.70 Å². The molecule has 0 radical (unpaired) electrons. The van der Waals surface area contributed by atoms with Crippen molar-refractivity contribution in [3.05, 3.63) is 167 Å². The first kappa shape index (κ1) is 31.8. The number of urea groups is 1. The number of anilines is 2. The Hall–Kier alpha value is -6.81. The number of benzene rings is 4. The highest BCUT2D eigenvalue weighted by molar-refractivity contribution is 6.37. The Kier molecular flexibility index (Phi) is 8.97. The Bertz CT molecular complexity index is 2160. The van der Waals surface area contributed by atoms with Crippen LogP contribution < -0.4 is 26.2 Å². The van der Waals surface area contributed by atoms with E-state index in [1.165, 1.54) is 0 Å². The van der Waals surface area contributed by atoms with Crippen LogP contribution in [0.2, 0.25) is 0 Å². The minimum Gasteiger partial charge on any atom is -0.384 e. The lowest BCUT2D eigenvalue weighted by Gasteiger charge is -2.16. The fourth-order valence-corrected chi connectivity index (χ4v) is 5.96. The second kappa shape index (κ2) is 14.1. The number of imide groups is 1. The molecule has 2 aliphatic heterocycles. The van der Waals surface area contributed by atoms with E-state index in [0.29, 0.717) is 53.3 Å². The zero-order valence-electron chi connectivity index (χ0n) is 26.9. The van der Waals surface area contributed by atoms with Crippen LogP contribution in [0.1, 0.15) is 38.2 Å². The van der Waals surface area contributed by atoms with Crippen LogP contribution in [0.3, 0.4) is 0 Å². The Morgan fingerprint density at radius 1 is 0.740 bits per heavy atom. The third kappa shape index (κ3) is 6.76. The van der Waals surface area contributed by atoms with Crippen LogP contribution in [0.15, 0.2) is 133 Å². The van der Waals surface area contributed by atoms with Crippen LogP contribution in [0.5, 0.6) is 0 Å². The average Bonchev–Trinajstić information content (AvgIpc) is 3.62. The van der Waals surface area contributed by atoms with E-state index < -0.39 is 11.9 Å². The highest BCUT2D eigenvalue weighted by Gasteiger charge is 2.35. The molecule has 1 fully saturated rings. The smallest absolute Gasteiger partial charge is 0.333 e. The molecule has 2 aliphatic rings. The minimum absolute atomic E-state index is 0.180. The molecule has 3 heterocycles. The SMILES string of the molecule is O=C1Nc2ccc(C(=O)NCc3ccccc3)cc2/C1=C(/NCCc1cccc(N2C(=O)N/C(=C\c3ccncc3)C2=O)c1)c1ccccc1. The molecule has 1 saturated heterocycles. The molecule has 246 valence electrons.